The van der Waals surface area contributed by atoms with Crippen LogP contribution in [0, 0.1) is 5.92 Å². The van der Waals surface area contributed by atoms with Gasteiger partial charge in [-0.1, -0.05) is 74.5 Å². The molecule has 0 fully saturated rings. The third-order valence-electron chi connectivity index (χ3n) is 3.38. The van der Waals surface area contributed by atoms with Gasteiger partial charge in [-0.15, -0.1) is 0 Å². The number of rotatable bonds is 4. The molecule has 2 rings (SSSR count). The second kappa shape index (κ2) is 5.83. The van der Waals surface area contributed by atoms with Crippen molar-refractivity contribution >= 4 is 0 Å². The molecule has 0 bridgehead atoms. The van der Waals surface area contributed by atoms with E-state index in [0.717, 1.165) is 5.56 Å². The van der Waals surface area contributed by atoms with E-state index in [1.54, 1.807) is 0 Å². The van der Waals surface area contributed by atoms with Crippen molar-refractivity contribution in [2.75, 3.05) is 0 Å². The van der Waals surface area contributed by atoms with Gasteiger partial charge in [0.05, 0.1) is 6.10 Å². The Balaban J connectivity index is 2.32. The van der Waals surface area contributed by atoms with Crippen molar-refractivity contribution in [2.24, 2.45) is 5.92 Å². The fraction of sp³-hybridized carbons (Fsp3) is 0.294. The molecule has 0 spiro atoms. The van der Waals surface area contributed by atoms with Crippen molar-refractivity contribution in [1.29, 1.82) is 0 Å². The third-order valence-corrected chi connectivity index (χ3v) is 3.38. The first-order valence-electron chi connectivity index (χ1n) is 6.48. The normalized spacial score (nSPS) is 14.4. The van der Waals surface area contributed by atoms with Crippen LogP contribution in [0.4, 0.5) is 0 Å². The standard InChI is InChI=1S/C17H20O/c1-13(2)16(14-9-5-3-6-10-14)17(18)15-11-7-4-8-12-15/h3-13,16-18H,1-2H3/t16-,17-/m1/s1. The van der Waals surface area contributed by atoms with Crippen molar-refractivity contribution < 1.29 is 5.11 Å². The highest BCUT2D eigenvalue weighted by molar-refractivity contribution is 5.27. The summed E-state index contributed by atoms with van der Waals surface area (Å²) in [5.74, 6) is 0.524. The zero-order valence-corrected chi connectivity index (χ0v) is 11.0. The Hall–Kier alpha value is -1.60. The summed E-state index contributed by atoms with van der Waals surface area (Å²) in [4.78, 5) is 0. The van der Waals surface area contributed by atoms with Crippen LogP contribution in [0.25, 0.3) is 0 Å². The zero-order valence-electron chi connectivity index (χ0n) is 11.0. The maximum Gasteiger partial charge on any atom is 0.0860 e. The van der Waals surface area contributed by atoms with Gasteiger partial charge in [-0.05, 0) is 17.0 Å². The molecular formula is C17H20O. The summed E-state index contributed by atoms with van der Waals surface area (Å²) in [5.41, 5.74) is 2.18. The predicted molar refractivity (Wildman–Crippen MR) is 75.4 cm³/mol. The number of hydrogen-bond acceptors (Lipinski definition) is 1. The molecule has 0 aliphatic heterocycles. The molecule has 1 N–H and O–H groups in total. The summed E-state index contributed by atoms with van der Waals surface area (Å²) in [6.45, 7) is 4.31. The minimum absolute atomic E-state index is 0.133. The van der Waals surface area contributed by atoms with Gasteiger partial charge >= 0.3 is 0 Å². The smallest absolute Gasteiger partial charge is 0.0860 e. The van der Waals surface area contributed by atoms with E-state index in [0.29, 0.717) is 5.92 Å². The Morgan fingerprint density at radius 2 is 1.17 bits per heavy atom. The molecule has 2 atom stereocenters. The molecule has 1 heteroatoms. The first-order valence-corrected chi connectivity index (χ1v) is 6.48. The van der Waals surface area contributed by atoms with Crippen LogP contribution < -0.4 is 0 Å². The maximum absolute atomic E-state index is 10.6. The monoisotopic (exact) mass is 240 g/mol. The lowest BCUT2D eigenvalue weighted by molar-refractivity contribution is 0.123. The number of aliphatic hydroxyl groups excluding tert-OH is 1. The summed E-state index contributed by atoms with van der Waals surface area (Å²) < 4.78 is 0. The van der Waals surface area contributed by atoms with Crippen molar-refractivity contribution in [3.8, 4) is 0 Å². The van der Waals surface area contributed by atoms with Crippen LogP contribution in [0.3, 0.4) is 0 Å². The third kappa shape index (κ3) is 2.80. The van der Waals surface area contributed by atoms with E-state index >= 15 is 0 Å². The predicted octanol–water partition coefficient (Wildman–Crippen LogP) is 4.16. The topological polar surface area (TPSA) is 20.2 Å². The van der Waals surface area contributed by atoms with Crippen molar-refractivity contribution in [2.45, 2.75) is 25.9 Å². The van der Waals surface area contributed by atoms with Crippen LogP contribution in [0.5, 0.6) is 0 Å². The molecule has 0 radical (unpaired) electrons. The van der Waals surface area contributed by atoms with Gasteiger partial charge in [0.15, 0.2) is 0 Å². The number of aliphatic hydroxyl groups is 1. The van der Waals surface area contributed by atoms with Crippen LogP contribution in [-0.2, 0) is 0 Å². The highest BCUT2D eigenvalue weighted by atomic mass is 16.3. The largest absolute Gasteiger partial charge is 0.388 e. The van der Waals surface area contributed by atoms with Crippen molar-refractivity contribution in [3.63, 3.8) is 0 Å². The molecule has 2 aromatic rings. The number of hydrogen-bond donors (Lipinski definition) is 1. The average molecular weight is 240 g/mol. The van der Waals surface area contributed by atoms with E-state index in [1.807, 2.05) is 48.5 Å². The fourth-order valence-corrected chi connectivity index (χ4v) is 2.46. The molecule has 18 heavy (non-hydrogen) atoms. The lowest BCUT2D eigenvalue weighted by Crippen LogP contribution is -2.16. The molecule has 0 aromatic heterocycles. The molecule has 0 unspecified atom stereocenters. The second-order valence-corrected chi connectivity index (χ2v) is 5.04. The molecule has 1 nitrogen and oxygen atoms in total. The number of benzene rings is 2. The van der Waals surface area contributed by atoms with Crippen molar-refractivity contribution in [1.82, 2.24) is 0 Å². The van der Waals surface area contributed by atoms with E-state index < -0.39 is 6.10 Å². The van der Waals surface area contributed by atoms with Gasteiger partial charge in [0.25, 0.3) is 0 Å². The molecular weight excluding hydrogens is 220 g/mol. The van der Waals surface area contributed by atoms with Gasteiger partial charge in [-0.25, -0.2) is 0 Å². The van der Waals surface area contributed by atoms with E-state index in [1.165, 1.54) is 5.56 Å². The zero-order chi connectivity index (χ0) is 13.0. The Morgan fingerprint density at radius 1 is 0.722 bits per heavy atom. The van der Waals surface area contributed by atoms with Gasteiger partial charge in [0, 0.05) is 5.92 Å². The highest BCUT2D eigenvalue weighted by Crippen LogP contribution is 2.36. The molecule has 0 aliphatic rings. The molecule has 2 aromatic carbocycles. The Morgan fingerprint density at radius 3 is 1.61 bits per heavy atom. The molecule has 0 saturated heterocycles. The van der Waals surface area contributed by atoms with E-state index in [2.05, 4.69) is 26.0 Å². The Kier molecular flexibility index (Phi) is 4.16. The van der Waals surface area contributed by atoms with Gasteiger partial charge in [0.1, 0.15) is 0 Å². The highest BCUT2D eigenvalue weighted by Gasteiger charge is 2.25. The van der Waals surface area contributed by atoms with E-state index in [9.17, 15) is 5.11 Å². The molecule has 0 heterocycles. The van der Waals surface area contributed by atoms with E-state index in [4.69, 9.17) is 0 Å². The van der Waals surface area contributed by atoms with Gasteiger partial charge in [-0.3, -0.25) is 0 Å². The summed E-state index contributed by atoms with van der Waals surface area (Å²) in [6, 6.07) is 20.2. The SMILES string of the molecule is CC(C)[C@H](c1ccccc1)[C@H](O)c1ccccc1. The van der Waals surface area contributed by atoms with Gasteiger partial charge < -0.3 is 5.11 Å². The Bertz CT molecular complexity index is 461. The van der Waals surface area contributed by atoms with Crippen LogP contribution >= 0.6 is 0 Å². The average Bonchev–Trinajstić information content (AvgIpc) is 2.40. The van der Waals surface area contributed by atoms with Gasteiger partial charge in [-0.2, -0.15) is 0 Å². The Labute approximate surface area is 109 Å². The van der Waals surface area contributed by atoms with Crippen LogP contribution in [0.15, 0.2) is 60.7 Å². The molecule has 94 valence electrons. The van der Waals surface area contributed by atoms with E-state index in [-0.39, 0.29) is 5.92 Å². The minimum Gasteiger partial charge on any atom is -0.388 e. The van der Waals surface area contributed by atoms with Crippen LogP contribution in [0.2, 0.25) is 0 Å². The quantitative estimate of drug-likeness (QED) is 0.850. The first kappa shape index (κ1) is 12.8. The molecule has 0 aliphatic carbocycles. The summed E-state index contributed by atoms with van der Waals surface area (Å²) >= 11 is 0. The second-order valence-electron chi connectivity index (χ2n) is 5.04. The minimum atomic E-state index is -0.450. The van der Waals surface area contributed by atoms with Gasteiger partial charge in [0.2, 0.25) is 0 Å². The summed E-state index contributed by atoms with van der Waals surface area (Å²) in [7, 11) is 0. The lowest BCUT2D eigenvalue weighted by atomic mass is 9.81. The van der Waals surface area contributed by atoms with Crippen LogP contribution in [-0.4, -0.2) is 5.11 Å². The molecule has 0 amide bonds. The summed E-state index contributed by atoms with van der Waals surface area (Å²) in [5, 5.41) is 10.6. The first-order chi connectivity index (χ1) is 8.70. The summed E-state index contributed by atoms with van der Waals surface area (Å²) in [6.07, 6.45) is -0.450. The fourth-order valence-electron chi connectivity index (χ4n) is 2.46. The van der Waals surface area contributed by atoms with Crippen LogP contribution in [0.1, 0.15) is 37.0 Å². The van der Waals surface area contributed by atoms with Crippen molar-refractivity contribution in [3.05, 3.63) is 71.8 Å². The lowest BCUT2D eigenvalue weighted by Gasteiger charge is -2.27. The molecule has 0 saturated carbocycles. The maximum atomic E-state index is 10.6.